The first-order chi connectivity index (χ1) is 7.29. The highest BCUT2D eigenvalue weighted by atomic mass is 127. The van der Waals surface area contributed by atoms with Crippen LogP contribution in [0.3, 0.4) is 0 Å². The van der Waals surface area contributed by atoms with E-state index in [1.54, 1.807) is 7.11 Å². The van der Waals surface area contributed by atoms with E-state index in [4.69, 9.17) is 4.74 Å². The molecular formula is C12H16INO. The number of halogens is 1. The Kier molecular flexibility index (Phi) is 3.99. The molecule has 2 rings (SSSR count). The molecule has 1 fully saturated rings. The molecule has 0 radical (unpaired) electrons. The van der Waals surface area contributed by atoms with E-state index >= 15 is 0 Å². The largest absolute Gasteiger partial charge is 0.380 e. The van der Waals surface area contributed by atoms with E-state index in [2.05, 4.69) is 51.8 Å². The standard InChI is InChI=1S/C12H16INO/c1-15-11-6-7-14(9-11)8-10-4-2-3-5-12(10)13/h2-5,11H,6-9H2,1H3/t11-/m0/s1. The quantitative estimate of drug-likeness (QED) is 0.795. The fourth-order valence-electron chi connectivity index (χ4n) is 2.00. The average Bonchev–Trinajstić information content (AvgIpc) is 2.69. The molecule has 0 spiro atoms. The zero-order valence-corrected chi connectivity index (χ0v) is 11.1. The van der Waals surface area contributed by atoms with Gasteiger partial charge < -0.3 is 4.74 Å². The van der Waals surface area contributed by atoms with Crippen molar-refractivity contribution >= 4 is 22.6 Å². The molecule has 0 bridgehead atoms. The van der Waals surface area contributed by atoms with Crippen LogP contribution in [0.5, 0.6) is 0 Å². The minimum absolute atomic E-state index is 0.436. The van der Waals surface area contributed by atoms with Crippen molar-refractivity contribution in [2.24, 2.45) is 0 Å². The third-order valence-electron chi connectivity index (χ3n) is 2.91. The topological polar surface area (TPSA) is 12.5 Å². The van der Waals surface area contributed by atoms with E-state index < -0.39 is 0 Å². The van der Waals surface area contributed by atoms with Gasteiger partial charge in [0.05, 0.1) is 6.10 Å². The fraction of sp³-hybridized carbons (Fsp3) is 0.500. The molecule has 1 aliphatic heterocycles. The Morgan fingerprint density at radius 3 is 2.93 bits per heavy atom. The van der Waals surface area contributed by atoms with Crippen LogP contribution >= 0.6 is 22.6 Å². The molecule has 3 heteroatoms. The summed E-state index contributed by atoms with van der Waals surface area (Å²) in [5.74, 6) is 0. The third-order valence-corrected chi connectivity index (χ3v) is 3.97. The summed E-state index contributed by atoms with van der Waals surface area (Å²) in [6, 6.07) is 8.58. The van der Waals surface area contributed by atoms with Gasteiger partial charge in [-0.3, -0.25) is 4.90 Å². The molecule has 1 aromatic rings. The van der Waals surface area contributed by atoms with Crippen LogP contribution in [0.4, 0.5) is 0 Å². The van der Waals surface area contributed by atoms with E-state index in [1.807, 2.05) is 0 Å². The first kappa shape index (κ1) is 11.4. The summed E-state index contributed by atoms with van der Waals surface area (Å²) in [4.78, 5) is 2.46. The molecule has 82 valence electrons. The van der Waals surface area contributed by atoms with E-state index in [-0.39, 0.29) is 0 Å². The van der Waals surface area contributed by atoms with Crippen molar-refractivity contribution in [3.63, 3.8) is 0 Å². The number of benzene rings is 1. The van der Waals surface area contributed by atoms with Crippen LogP contribution in [0, 0.1) is 3.57 Å². The third kappa shape index (κ3) is 2.92. The van der Waals surface area contributed by atoms with E-state index in [0.29, 0.717) is 6.10 Å². The average molecular weight is 317 g/mol. The van der Waals surface area contributed by atoms with Crippen LogP contribution in [-0.4, -0.2) is 31.2 Å². The molecule has 0 unspecified atom stereocenters. The molecular weight excluding hydrogens is 301 g/mol. The molecule has 0 aromatic heterocycles. The Morgan fingerprint density at radius 2 is 2.27 bits per heavy atom. The summed E-state index contributed by atoms with van der Waals surface area (Å²) in [7, 11) is 1.81. The number of ether oxygens (including phenoxy) is 1. The minimum atomic E-state index is 0.436. The molecule has 1 saturated heterocycles. The molecule has 2 nitrogen and oxygen atoms in total. The lowest BCUT2D eigenvalue weighted by Crippen LogP contribution is -2.22. The maximum atomic E-state index is 5.37. The lowest BCUT2D eigenvalue weighted by Gasteiger charge is -2.16. The number of nitrogens with zero attached hydrogens (tertiary/aromatic N) is 1. The molecule has 1 aliphatic rings. The first-order valence-corrected chi connectivity index (χ1v) is 6.36. The van der Waals surface area contributed by atoms with Gasteiger partial charge in [-0.2, -0.15) is 0 Å². The van der Waals surface area contributed by atoms with Crippen molar-refractivity contribution in [3.8, 4) is 0 Å². The molecule has 0 amide bonds. The number of likely N-dealkylation sites (tertiary alicyclic amines) is 1. The zero-order valence-electron chi connectivity index (χ0n) is 8.95. The highest BCUT2D eigenvalue weighted by molar-refractivity contribution is 14.1. The van der Waals surface area contributed by atoms with E-state index in [9.17, 15) is 0 Å². The van der Waals surface area contributed by atoms with Gasteiger partial charge in [0.25, 0.3) is 0 Å². The maximum absolute atomic E-state index is 5.37. The Hall–Kier alpha value is -0.130. The SMILES string of the molecule is CO[C@H]1CCN(Cc2ccccc2I)C1. The normalized spacial score (nSPS) is 22.1. The van der Waals surface area contributed by atoms with Gasteiger partial charge in [-0.05, 0) is 40.6 Å². The van der Waals surface area contributed by atoms with Crippen molar-refractivity contribution in [3.05, 3.63) is 33.4 Å². The van der Waals surface area contributed by atoms with Crippen LogP contribution in [-0.2, 0) is 11.3 Å². The van der Waals surface area contributed by atoms with Crippen molar-refractivity contribution < 1.29 is 4.74 Å². The molecule has 15 heavy (non-hydrogen) atoms. The van der Waals surface area contributed by atoms with E-state index in [0.717, 1.165) is 19.6 Å². The van der Waals surface area contributed by atoms with Crippen molar-refractivity contribution in [1.82, 2.24) is 4.90 Å². The summed E-state index contributed by atoms with van der Waals surface area (Å²) < 4.78 is 6.72. The predicted octanol–water partition coefficient (Wildman–Crippen LogP) is 2.51. The minimum Gasteiger partial charge on any atom is -0.380 e. The highest BCUT2D eigenvalue weighted by Gasteiger charge is 2.22. The molecule has 0 N–H and O–H groups in total. The van der Waals surface area contributed by atoms with Crippen LogP contribution < -0.4 is 0 Å². The molecule has 1 heterocycles. The van der Waals surface area contributed by atoms with Crippen LogP contribution in [0.1, 0.15) is 12.0 Å². The van der Waals surface area contributed by atoms with Gasteiger partial charge in [0, 0.05) is 30.3 Å². The maximum Gasteiger partial charge on any atom is 0.0710 e. The van der Waals surface area contributed by atoms with Crippen molar-refractivity contribution in [2.45, 2.75) is 19.1 Å². The second-order valence-corrected chi connectivity index (χ2v) is 5.14. The summed E-state index contributed by atoms with van der Waals surface area (Å²) in [5.41, 5.74) is 1.43. The van der Waals surface area contributed by atoms with Crippen LogP contribution in [0.2, 0.25) is 0 Å². The molecule has 1 atom stereocenters. The zero-order chi connectivity index (χ0) is 10.7. The van der Waals surface area contributed by atoms with Crippen LogP contribution in [0.15, 0.2) is 24.3 Å². The number of hydrogen-bond donors (Lipinski definition) is 0. The second-order valence-electron chi connectivity index (χ2n) is 3.97. The van der Waals surface area contributed by atoms with Gasteiger partial charge in [-0.1, -0.05) is 18.2 Å². The lowest BCUT2D eigenvalue weighted by atomic mass is 10.2. The molecule has 0 aliphatic carbocycles. The molecule has 0 saturated carbocycles. The molecule has 1 aromatic carbocycles. The van der Waals surface area contributed by atoms with Gasteiger partial charge in [-0.25, -0.2) is 0 Å². The highest BCUT2D eigenvalue weighted by Crippen LogP contribution is 2.18. The monoisotopic (exact) mass is 317 g/mol. The van der Waals surface area contributed by atoms with Crippen molar-refractivity contribution in [1.29, 1.82) is 0 Å². The Balaban J connectivity index is 1.96. The van der Waals surface area contributed by atoms with Gasteiger partial charge in [0.15, 0.2) is 0 Å². The van der Waals surface area contributed by atoms with Gasteiger partial charge in [0.1, 0.15) is 0 Å². The second kappa shape index (κ2) is 5.27. The number of methoxy groups -OCH3 is 1. The summed E-state index contributed by atoms with van der Waals surface area (Å²) in [6.45, 7) is 3.28. The number of rotatable bonds is 3. The Morgan fingerprint density at radius 1 is 1.47 bits per heavy atom. The van der Waals surface area contributed by atoms with Crippen LogP contribution in [0.25, 0.3) is 0 Å². The van der Waals surface area contributed by atoms with Crippen molar-refractivity contribution in [2.75, 3.05) is 20.2 Å². The van der Waals surface area contributed by atoms with E-state index in [1.165, 1.54) is 15.6 Å². The Bertz CT molecular complexity index is 329. The predicted molar refractivity (Wildman–Crippen MR) is 69.9 cm³/mol. The smallest absolute Gasteiger partial charge is 0.0710 e. The Labute approximate surface area is 105 Å². The first-order valence-electron chi connectivity index (χ1n) is 5.28. The lowest BCUT2D eigenvalue weighted by molar-refractivity contribution is 0.107. The summed E-state index contributed by atoms with van der Waals surface area (Å²) >= 11 is 2.40. The number of hydrogen-bond acceptors (Lipinski definition) is 2. The summed E-state index contributed by atoms with van der Waals surface area (Å²) in [6.07, 6.45) is 1.60. The fourth-order valence-corrected chi connectivity index (χ4v) is 2.56. The summed E-state index contributed by atoms with van der Waals surface area (Å²) in [5, 5.41) is 0. The van der Waals surface area contributed by atoms with Gasteiger partial charge in [-0.15, -0.1) is 0 Å². The van der Waals surface area contributed by atoms with Gasteiger partial charge >= 0.3 is 0 Å². The van der Waals surface area contributed by atoms with Gasteiger partial charge in [0.2, 0.25) is 0 Å².